The van der Waals surface area contributed by atoms with Gasteiger partial charge in [0.25, 0.3) is 0 Å². The molecule has 148 valence electrons. The Kier molecular flexibility index (Phi) is 5.55. The molecule has 0 bridgehead atoms. The standard InChI is InChI=1S/C18H26N4O2S3/c1-2-3-9-20(15-8-11-27(23,24)12-15)13-21-18(25)22(14-6-7-14)17(19-21)16-5-4-10-26-16/h4-5,10,14-15H,2-3,6-9,11-13H2,1H3. The summed E-state index contributed by atoms with van der Waals surface area (Å²) in [4.78, 5) is 3.40. The van der Waals surface area contributed by atoms with Gasteiger partial charge in [0.1, 0.15) is 0 Å². The normalized spacial score (nSPS) is 21.9. The number of unbranched alkanes of at least 4 members (excludes halogenated alkanes) is 1. The predicted octanol–water partition coefficient (Wildman–Crippen LogP) is 3.72. The zero-order chi connectivity index (χ0) is 19.0. The van der Waals surface area contributed by atoms with Crippen molar-refractivity contribution in [2.24, 2.45) is 0 Å². The average Bonchev–Trinajstić information content (AvgIpc) is 3.04. The topological polar surface area (TPSA) is 60.1 Å². The van der Waals surface area contributed by atoms with Crippen LogP contribution in [0.1, 0.15) is 45.1 Å². The fourth-order valence-corrected chi connectivity index (χ4v) is 6.51. The Labute approximate surface area is 169 Å². The van der Waals surface area contributed by atoms with Gasteiger partial charge >= 0.3 is 0 Å². The van der Waals surface area contributed by atoms with Crippen LogP contribution in [0.4, 0.5) is 0 Å². The van der Waals surface area contributed by atoms with Crippen LogP contribution in [0, 0.1) is 4.77 Å². The lowest BCUT2D eigenvalue weighted by Crippen LogP contribution is -2.38. The van der Waals surface area contributed by atoms with Crippen molar-refractivity contribution < 1.29 is 8.42 Å². The summed E-state index contributed by atoms with van der Waals surface area (Å²) in [6, 6.07) is 4.65. The Morgan fingerprint density at radius 3 is 2.78 bits per heavy atom. The predicted molar refractivity (Wildman–Crippen MR) is 111 cm³/mol. The SMILES string of the molecule is CCCCN(Cn1nc(-c2cccs2)n(C2CC2)c1=S)C1CCS(=O)(=O)C1. The summed E-state index contributed by atoms with van der Waals surface area (Å²) in [6.45, 7) is 3.60. The highest BCUT2D eigenvalue weighted by atomic mass is 32.2. The molecule has 1 aliphatic carbocycles. The minimum absolute atomic E-state index is 0.0692. The summed E-state index contributed by atoms with van der Waals surface area (Å²) in [6.07, 6.45) is 5.14. The zero-order valence-corrected chi connectivity index (χ0v) is 18.0. The van der Waals surface area contributed by atoms with Crippen LogP contribution in [0.2, 0.25) is 0 Å². The zero-order valence-electron chi connectivity index (χ0n) is 15.6. The largest absolute Gasteiger partial charge is 0.296 e. The summed E-state index contributed by atoms with van der Waals surface area (Å²) >= 11 is 7.46. The van der Waals surface area contributed by atoms with Crippen molar-refractivity contribution in [3.63, 3.8) is 0 Å². The van der Waals surface area contributed by atoms with Crippen LogP contribution in [0.25, 0.3) is 10.7 Å². The molecule has 1 unspecified atom stereocenters. The Hall–Kier alpha value is -1.03. The number of thiophene rings is 1. The van der Waals surface area contributed by atoms with Crippen LogP contribution in [-0.4, -0.2) is 51.8 Å². The molecule has 6 nitrogen and oxygen atoms in total. The monoisotopic (exact) mass is 426 g/mol. The van der Waals surface area contributed by atoms with E-state index in [1.807, 2.05) is 10.7 Å². The fraction of sp³-hybridized carbons (Fsp3) is 0.667. The van der Waals surface area contributed by atoms with E-state index < -0.39 is 9.84 Å². The van der Waals surface area contributed by atoms with Crippen LogP contribution in [0.3, 0.4) is 0 Å². The maximum absolute atomic E-state index is 12.0. The van der Waals surface area contributed by atoms with Crippen molar-refractivity contribution >= 4 is 33.4 Å². The molecule has 3 heterocycles. The Bertz CT molecular complexity index is 942. The van der Waals surface area contributed by atoms with Crippen LogP contribution in [0.5, 0.6) is 0 Å². The van der Waals surface area contributed by atoms with Gasteiger partial charge in [0.05, 0.1) is 23.1 Å². The summed E-state index contributed by atoms with van der Waals surface area (Å²) in [7, 11) is -2.91. The summed E-state index contributed by atoms with van der Waals surface area (Å²) in [5, 5.41) is 6.92. The van der Waals surface area contributed by atoms with Crippen LogP contribution < -0.4 is 0 Å². The molecule has 2 aliphatic rings. The molecule has 1 aliphatic heterocycles. The smallest absolute Gasteiger partial charge is 0.199 e. The minimum atomic E-state index is -2.91. The molecule has 0 aromatic carbocycles. The van der Waals surface area contributed by atoms with Crippen molar-refractivity contribution in [3.05, 3.63) is 22.3 Å². The van der Waals surface area contributed by atoms with Crippen molar-refractivity contribution in [2.45, 2.75) is 57.8 Å². The minimum Gasteiger partial charge on any atom is -0.296 e. The lowest BCUT2D eigenvalue weighted by molar-refractivity contribution is 0.152. The molecule has 2 fully saturated rings. The molecule has 0 amide bonds. The van der Waals surface area contributed by atoms with E-state index in [9.17, 15) is 8.42 Å². The van der Waals surface area contributed by atoms with Gasteiger partial charge in [-0.3, -0.25) is 9.47 Å². The fourth-order valence-electron chi connectivity index (χ4n) is 3.71. The van der Waals surface area contributed by atoms with Crippen LogP contribution in [0.15, 0.2) is 17.5 Å². The number of sulfone groups is 1. The molecular weight excluding hydrogens is 400 g/mol. The third kappa shape index (κ3) is 4.21. The van der Waals surface area contributed by atoms with Crippen molar-refractivity contribution in [2.75, 3.05) is 18.1 Å². The van der Waals surface area contributed by atoms with Gasteiger partial charge in [-0.1, -0.05) is 19.4 Å². The van der Waals surface area contributed by atoms with E-state index in [0.717, 1.165) is 47.7 Å². The molecule has 1 atom stereocenters. The third-order valence-electron chi connectivity index (χ3n) is 5.36. The second-order valence-electron chi connectivity index (χ2n) is 7.55. The number of nitrogens with zero attached hydrogens (tertiary/aromatic N) is 4. The molecule has 1 saturated heterocycles. The second kappa shape index (κ2) is 7.77. The van der Waals surface area contributed by atoms with E-state index in [-0.39, 0.29) is 11.8 Å². The first-order valence-electron chi connectivity index (χ1n) is 9.66. The van der Waals surface area contributed by atoms with Crippen LogP contribution >= 0.6 is 23.6 Å². The number of aromatic nitrogens is 3. The molecule has 4 rings (SSSR count). The van der Waals surface area contributed by atoms with Crippen molar-refractivity contribution in [1.29, 1.82) is 0 Å². The van der Waals surface area contributed by atoms with Gasteiger partial charge in [0, 0.05) is 18.6 Å². The molecular formula is C18H26N4O2S3. The highest BCUT2D eigenvalue weighted by Gasteiger charge is 2.33. The third-order valence-corrected chi connectivity index (χ3v) is 8.39. The van der Waals surface area contributed by atoms with Gasteiger partial charge in [0.2, 0.25) is 0 Å². The van der Waals surface area contributed by atoms with Gasteiger partial charge in [0.15, 0.2) is 20.4 Å². The first-order chi connectivity index (χ1) is 13.0. The average molecular weight is 427 g/mol. The number of hydrogen-bond acceptors (Lipinski definition) is 6. The second-order valence-corrected chi connectivity index (χ2v) is 11.1. The molecule has 27 heavy (non-hydrogen) atoms. The molecule has 0 N–H and O–H groups in total. The molecule has 1 saturated carbocycles. The molecule has 0 spiro atoms. The maximum Gasteiger partial charge on any atom is 0.199 e. The van der Waals surface area contributed by atoms with Crippen molar-refractivity contribution in [3.8, 4) is 10.7 Å². The first kappa shape index (κ1) is 19.3. The van der Waals surface area contributed by atoms with Gasteiger partial charge in [-0.25, -0.2) is 13.1 Å². The summed E-state index contributed by atoms with van der Waals surface area (Å²) in [5.41, 5.74) is 0. The Morgan fingerprint density at radius 1 is 1.37 bits per heavy atom. The van der Waals surface area contributed by atoms with E-state index in [0.29, 0.717) is 24.9 Å². The Morgan fingerprint density at radius 2 is 2.19 bits per heavy atom. The molecule has 2 aromatic rings. The number of rotatable bonds is 8. The molecule has 0 radical (unpaired) electrons. The first-order valence-corrected chi connectivity index (χ1v) is 12.8. The number of hydrogen-bond donors (Lipinski definition) is 0. The van der Waals surface area contributed by atoms with E-state index in [2.05, 4.69) is 27.8 Å². The van der Waals surface area contributed by atoms with Gasteiger partial charge in [-0.05, 0) is 49.3 Å². The summed E-state index contributed by atoms with van der Waals surface area (Å²) < 4.78 is 28.8. The van der Waals surface area contributed by atoms with Crippen molar-refractivity contribution in [1.82, 2.24) is 19.2 Å². The van der Waals surface area contributed by atoms with E-state index >= 15 is 0 Å². The maximum atomic E-state index is 12.0. The van der Waals surface area contributed by atoms with Crippen LogP contribution in [-0.2, 0) is 16.5 Å². The van der Waals surface area contributed by atoms with E-state index in [1.165, 1.54) is 0 Å². The van der Waals surface area contributed by atoms with E-state index in [4.69, 9.17) is 17.3 Å². The summed E-state index contributed by atoms with van der Waals surface area (Å²) in [5.74, 6) is 1.50. The lowest BCUT2D eigenvalue weighted by Gasteiger charge is -2.27. The highest BCUT2D eigenvalue weighted by Crippen LogP contribution is 2.39. The lowest BCUT2D eigenvalue weighted by atomic mass is 10.2. The van der Waals surface area contributed by atoms with Gasteiger partial charge in [-0.15, -0.1) is 16.4 Å². The highest BCUT2D eigenvalue weighted by molar-refractivity contribution is 7.91. The molecule has 9 heteroatoms. The quantitative estimate of drug-likeness (QED) is 0.602. The van der Waals surface area contributed by atoms with Gasteiger partial charge in [-0.2, -0.15) is 0 Å². The Balaban J connectivity index is 1.63. The van der Waals surface area contributed by atoms with E-state index in [1.54, 1.807) is 11.3 Å². The van der Waals surface area contributed by atoms with Gasteiger partial charge < -0.3 is 0 Å². The molecule has 2 aromatic heterocycles.